The Bertz CT molecular complexity index is 240. The predicted octanol–water partition coefficient (Wildman–Crippen LogP) is 3.54. The van der Waals surface area contributed by atoms with Crippen LogP contribution in [-0.2, 0) is 9.53 Å². The summed E-state index contributed by atoms with van der Waals surface area (Å²) >= 11 is 0. The van der Waals surface area contributed by atoms with Crippen LogP contribution in [0.4, 0.5) is 0 Å². The van der Waals surface area contributed by atoms with Gasteiger partial charge in [0.15, 0.2) is 5.60 Å². The zero-order valence-electron chi connectivity index (χ0n) is 12.7. The van der Waals surface area contributed by atoms with Crippen LogP contribution < -0.4 is 0 Å². The SMILES string of the molecule is CCCC(O)(C(=O)OCC)C(CC)CC(C)CC. The van der Waals surface area contributed by atoms with Gasteiger partial charge < -0.3 is 9.84 Å². The number of hydrogen-bond donors (Lipinski definition) is 1. The van der Waals surface area contributed by atoms with Crippen molar-refractivity contribution in [2.45, 2.75) is 72.3 Å². The van der Waals surface area contributed by atoms with Crippen molar-refractivity contribution < 1.29 is 14.6 Å². The van der Waals surface area contributed by atoms with E-state index in [1.54, 1.807) is 6.92 Å². The van der Waals surface area contributed by atoms with Crippen molar-refractivity contribution >= 4 is 5.97 Å². The highest BCUT2D eigenvalue weighted by molar-refractivity contribution is 5.79. The summed E-state index contributed by atoms with van der Waals surface area (Å²) in [5.41, 5.74) is -1.30. The molecule has 0 radical (unpaired) electrons. The second-order valence-electron chi connectivity index (χ2n) is 5.25. The molecule has 0 bridgehead atoms. The first-order valence-electron chi connectivity index (χ1n) is 7.35. The summed E-state index contributed by atoms with van der Waals surface area (Å²) in [5, 5.41) is 10.7. The molecule has 1 N–H and O–H groups in total. The highest BCUT2D eigenvalue weighted by atomic mass is 16.5. The van der Waals surface area contributed by atoms with Crippen LogP contribution in [0.2, 0.25) is 0 Å². The molecular weight excluding hydrogens is 228 g/mol. The fourth-order valence-electron chi connectivity index (χ4n) is 2.46. The first-order chi connectivity index (χ1) is 8.46. The number of esters is 1. The van der Waals surface area contributed by atoms with Crippen molar-refractivity contribution in [2.24, 2.45) is 11.8 Å². The first kappa shape index (κ1) is 17.4. The third kappa shape index (κ3) is 4.60. The second-order valence-corrected chi connectivity index (χ2v) is 5.25. The van der Waals surface area contributed by atoms with Crippen molar-refractivity contribution in [3.63, 3.8) is 0 Å². The van der Waals surface area contributed by atoms with Crippen molar-refractivity contribution in [3.8, 4) is 0 Å². The Balaban J connectivity index is 4.95. The van der Waals surface area contributed by atoms with E-state index in [-0.39, 0.29) is 5.92 Å². The Morgan fingerprint density at radius 2 is 1.83 bits per heavy atom. The molecule has 0 fully saturated rings. The van der Waals surface area contributed by atoms with E-state index in [9.17, 15) is 9.90 Å². The van der Waals surface area contributed by atoms with Crippen LogP contribution in [0.1, 0.15) is 66.7 Å². The van der Waals surface area contributed by atoms with Crippen molar-refractivity contribution in [2.75, 3.05) is 6.61 Å². The first-order valence-corrected chi connectivity index (χ1v) is 7.35. The number of hydrogen-bond acceptors (Lipinski definition) is 3. The van der Waals surface area contributed by atoms with Gasteiger partial charge in [-0.15, -0.1) is 0 Å². The highest BCUT2D eigenvalue weighted by Gasteiger charge is 2.43. The average Bonchev–Trinajstić information content (AvgIpc) is 2.35. The number of carbonyl (C=O) groups excluding carboxylic acids is 1. The standard InChI is InChI=1S/C15H30O3/c1-6-10-15(17,14(16)18-9-4)13(8-3)11-12(5)7-2/h12-13,17H,6-11H2,1-5H3. The molecule has 0 spiro atoms. The van der Waals surface area contributed by atoms with E-state index in [4.69, 9.17) is 4.74 Å². The van der Waals surface area contributed by atoms with Gasteiger partial charge >= 0.3 is 5.97 Å². The lowest BCUT2D eigenvalue weighted by Crippen LogP contribution is -2.47. The number of rotatable bonds is 9. The summed E-state index contributed by atoms with van der Waals surface area (Å²) in [6, 6.07) is 0. The maximum atomic E-state index is 12.1. The molecular formula is C15H30O3. The molecule has 0 aromatic rings. The largest absolute Gasteiger partial charge is 0.464 e. The Kier molecular flexibility index (Phi) is 8.25. The van der Waals surface area contributed by atoms with Gasteiger partial charge in [0.1, 0.15) is 0 Å². The van der Waals surface area contributed by atoms with Crippen molar-refractivity contribution in [1.82, 2.24) is 0 Å². The summed E-state index contributed by atoms with van der Waals surface area (Å²) in [4.78, 5) is 12.1. The smallest absolute Gasteiger partial charge is 0.338 e. The normalized spacial score (nSPS) is 17.9. The zero-order chi connectivity index (χ0) is 14.2. The highest BCUT2D eigenvalue weighted by Crippen LogP contribution is 2.33. The number of aliphatic hydroxyl groups is 1. The van der Waals surface area contributed by atoms with Crippen molar-refractivity contribution in [3.05, 3.63) is 0 Å². The summed E-state index contributed by atoms with van der Waals surface area (Å²) in [6.07, 6.45) is 4.02. The van der Waals surface area contributed by atoms with Crippen LogP contribution in [-0.4, -0.2) is 23.3 Å². The van der Waals surface area contributed by atoms with E-state index >= 15 is 0 Å². The molecule has 0 amide bonds. The van der Waals surface area contributed by atoms with Crippen LogP contribution in [0, 0.1) is 11.8 Å². The quantitative estimate of drug-likeness (QED) is 0.643. The Morgan fingerprint density at radius 1 is 1.22 bits per heavy atom. The zero-order valence-corrected chi connectivity index (χ0v) is 12.7. The lowest BCUT2D eigenvalue weighted by Gasteiger charge is -2.34. The van der Waals surface area contributed by atoms with Gasteiger partial charge in [-0.1, -0.05) is 40.5 Å². The second kappa shape index (κ2) is 8.52. The van der Waals surface area contributed by atoms with Gasteiger partial charge in [-0.3, -0.25) is 0 Å². The molecule has 108 valence electrons. The molecule has 3 unspecified atom stereocenters. The Hall–Kier alpha value is -0.570. The van der Waals surface area contributed by atoms with E-state index in [1.807, 2.05) is 13.8 Å². The molecule has 0 saturated carbocycles. The van der Waals surface area contributed by atoms with Crippen LogP contribution in [0.3, 0.4) is 0 Å². The fraction of sp³-hybridized carbons (Fsp3) is 0.933. The lowest BCUT2D eigenvalue weighted by atomic mass is 9.76. The summed E-state index contributed by atoms with van der Waals surface area (Å²) in [5.74, 6) is 0.0706. The van der Waals surface area contributed by atoms with Gasteiger partial charge in [0, 0.05) is 0 Å². The maximum absolute atomic E-state index is 12.1. The minimum absolute atomic E-state index is 0.00792. The van der Waals surface area contributed by atoms with Crippen LogP contribution in [0.15, 0.2) is 0 Å². The number of ether oxygens (including phenoxy) is 1. The maximum Gasteiger partial charge on any atom is 0.338 e. The summed E-state index contributed by atoms with van der Waals surface area (Å²) in [6.45, 7) is 10.4. The van der Waals surface area contributed by atoms with Gasteiger partial charge in [0.05, 0.1) is 6.61 Å². The molecule has 0 saturated heterocycles. The summed E-state index contributed by atoms with van der Waals surface area (Å²) < 4.78 is 5.07. The Labute approximate surface area is 112 Å². The fourth-order valence-corrected chi connectivity index (χ4v) is 2.46. The minimum atomic E-state index is -1.30. The molecule has 0 aromatic carbocycles. The van der Waals surface area contributed by atoms with Crippen LogP contribution in [0.5, 0.6) is 0 Å². The van der Waals surface area contributed by atoms with Gasteiger partial charge in [-0.25, -0.2) is 4.79 Å². The molecule has 0 heterocycles. The van der Waals surface area contributed by atoms with Crippen LogP contribution in [0.25, 0.3) is 0 Å². The monoisotopic (exact) mass is 258 g/mol. The molecule has 3 heteroatoms. The van der Waals surface area contributed by atoms with Gasteiger partial charge in [-0.2, -0.15) is 0 Å². The molecule has 0 aliphatic rings. The molecule has 0 rings (SSSR count). The van der Waals surface area contributed by atoms with E-state index < -0.39 is 11.6 Å². The van der Waals surface area contributed by atoms with Crippen molar-refractivity contribution in [1.29, 1.82) is 0 Å². The lowest BCUT2D eigenvalue weighted by molar-refractivity contribution is -0.173. The number of carbonyl (C=O) groups is 1. The van der Waals surface area contributed by atoms with E-state index in [0.29, 0.717) is 18.9 Å². The van der Waals surface area contributed by atoms with Gasteiger partial charge in [0.25, 0.3) is 0 Å². The molecule has 0 aromatic heterocycles. The summed E-state index contributed by atoms with van der Waals surface area (Å²) in [7, 11) is 0. The molecule has 0 aliphatic carbocycles. The molecule has 18 heavy (non-hydrogen) atoms. The average molecular weight is 258 g/mol. The Morgan fingerprint density at radius 3 is 2.22 bits per heavy atom. The van der Waals surface area contributed by atoms with Gasteiger partial charge in [-0.05, 0) is 38.0 Å². The minimum Gasteiger partial charge on any atom is -0.464 e. The molecule has 0 aliphatic heterocycles. The molecule has 3 atom stereocenters. The third-order valence-corrected chi connectivity index (χ3v) is 3.81. The molecule has 3 nitrogen and oxygen atoms in total. The van der Waals surface area contributed by atoms with Crippen LogP contribution >= 0.6 is 0 Å². The third-order valence-electron chi connectivity index (χ3n) is 3.81. The topological polar surface area (TPSA) is 46.5 Å². The van der Waals surface area contributed by atoms with E-state index in [0.717, 1.165) is 25.7 Å². The van der Waals surface area contributed by atoms with E-state index in [2.05, 4.69) is 13.8 Å². The predicted molar refractivity (Wildman–Crippen MR) is 74.3 cm³/mol. The van der Waals surface area contributed by atoms with E-state index in [1.165, 1.54) is 0 Å². The van der Waals surface area contributed by atoms with Gasteiger partial charge in [0.2, 0.25) is 0 Å².